The summed E-state index contributed by atoms with van der Waals surface area (Å²) in [5.41, 5.74) is 2.74. The molecule has 2 N–H and O–H groups in total. The first kappa shape index (κ1) is 29.8. The minimum Gasteiger partial charge on any atom is -0.399 e. The van der Waals surface area contributed by atoms with E-state index in [1.165, 1.54) is 11.6 Å². The molecule has 2 atom stereocenters. The highest BCUT2D eigenvalue weighted by molar-refractivity contribution is 6.62. The van der Waals surface area contributed by atoms with Crippen LogP contribution in [0.25, 0.3) is 10.9 Å². The fourth-order valence-corrected chi connectivity index (χ4v) is 5.97. The summed E-state index contributed by atoms with van der Waals surface area (Å²) in [6.45, 7) is 9.17. The van der Waals surface area contributed by atoms with Crippen LogP contribution in [0.5, 0.6) is 0 Å². The first-order valence-corrected chi connectivity index (χ1v) is 14.8. The van der Waals surface area contributed by atoms with E-state index in [2.05, 4.69) is 12.1 Å². The van der Waals surface area contributed by atoms with Crippen LogP contribution in [0.1, 0.15) is 70.6 Å². The Bertz CT molecular complexity index is 1360. The second-order valence-corrected chi connectivity index (χ2v) is 12.6. The number of carbonyl (C=O) groups excluding carboxylic acids is 1. The van der Waals surface area contributed by atoms with Gasteiger partial charge in [0.25, 0.3) is 0 Å². The van der Waals surface area contributed by atoms with Crippen LogP contribution < -0.4 is 5.46 Å². The third-order valence-electron chi connectivity index (χ3n) is 9.06. The lowest BCUT2D eigenvalue weighted by Crippen LogP contribution is -2.41. The van der Waals surface area contributed by atoms with E-state index in [0.29, 0.717) is 25.0 Å². The molecule has 2 fully saturated rings. The third-order valence-corrected chi connectivity index (χ3v) is 9.06. The van der Waals surface area contributed by atoms with Gasteiger partial charge in [0, 0.05) is 36.5 Å². The quantitative estimate of drug-likeness (QED) is 0.382. The molecule has 7 nitrogen and oxygen atoms in total. The highest BCUT2D eigenvalue weighted by Crippen LogP contribution is 2.37. The number of nitrogens with zero attached hydrogens (tertiary/aromatic N) is 2. The number of likely N-dealkylation sites (tertiary alicyclic amines) is 1. The number of hydrogen-bond donors (Lipinski definition) is 2. The Kier molecular flexibility index (Phi) is 8.62. The largest absolute Gasteiger partial charge is 0.494 e. The summed E-state index contributed by atoms with van der Waals surface area (Å²) < 4.78 is 28.9. The number of para-hydroxylation sites is 1. The van der Waals surface area contributed by atoms with Gasteiger partial charge in [-0.2, -0.15) is 0 Å². The van der Waals surface area contributed by atoms with Crippen molar-refractivity contribution in [1.82, 2.24) is 9.47 Å². The minimum atomic E-state index is -0.990. The average Bonchev–Trinajstić information content (AvgIpc) is 3.42. The summed E-state index contributed by atoms with van der Waals surface area (Å²) in [4.78, 5) is 15.1. The summed E-state index contributed by atoms with van der Waals surface area (Å²) in [5, 5.41) is 20.4. The van der Waals surface area contributed by atoms with E-state index in [4.69, 9.17) is 9.31 Å². The lowest BCUT2D eigenvalue weighted by atomic mass is 9.78. The van der Waals surface area contributed by atoms with E-state index in [1.54, 1.807) is 10.6 Å². The molecule has 0 aliphatic carbocycles. The second kappa shape index (κ2) is 11.9. The number of piperidine rings is 1. The topological polar surface area (TPSA) is 84.2 Å². The van der Waals surface area contributed by atoms with Gasteiger partial charge < -0.3 is 29.0 Å². The Balaban J connectivity index is 1.19. The van der Waals surface area contributed by atoms with Gasteiger partial charge in [-0.3, -0.25) is 4.79 Å². The summed E-state index contributed by atoms with van der Waals surface area (Å²) in [7, 11) is -0.384. The highest BCUT2D eigenvalue weighted by Gasteiger charge is 2.51. The molecule has 0 bridgehead atoms. The normalized spacial score (nSPS) is 21.0. The summed E-state index contributed by atoms with van der Waals surface area (Å²) in [6, 6.07) is 15.2. The van der Waals surface area contributed by atoms with E-state index >= 15 is 0 Å². The Morgan fingerprint density at radius 2 is 1.83 bits per heavy atom. The van der Waals surface area contributed by atoms with Crippen LogP contribution in [0.2, 0.25) is 0 Å². The molecule has 2 aliphatic heterocycles. The first-order valence-electron chi connectivity index (χ1n) is 14.8. The van der Waals surface area contributed by atoms with Gasteiger partial charge in [0.15, 0.2) is 0 Å². The van der Waals surface area contributed by atoms with Crippen molar-refractivity contribution in [2.24, 2.45) is 0 Å². The van der Waals surface area contributed by atoms with Crippen LogP contribution in [0.15, 0.2) is 48.5 Å². The van der Waals surface area contributed by atoms with E-state index < -0.39 is 12.7 Å². The Hall–Kier alpha value is -2.72. The maximum Gasteiger partial charge on any atom is 0.494 e. The zero-order valence-corrected chi connectivity index (χ0v) is 24.6. The monoisotopic (exact) mass is 564 g/mol. The van der Waals surface area contributed by atoms with Crippen LogP contribution in [-0.4, -0.2) is 69.7 Å². The van der Waals surface area contributed by atoms with Crippen molar-refractivity contribution in [2.75, 3.05) is 19.7 Å². The standard InChI is InChI=1S/C32H42BFN2O5/c1-31(2)32(3,4)41-33(40-31)25-15-13-22(14-16-25)8-5-12-29(39)35-17-7-10-24(19-35)28-18-23-9-6-11-27(34)30(23)36(28)20-26(38)21-37/h6,9,11,13-16,18,24,26,37-38H,5,7-8,10,12,17,19-21H2,1-4H3. The number of carbonyl (C=O) groups is 1. The van der Waals surface area contributed by atoms with Gasteiger partial charge in [-0.1, -0.05) is 36.4 Å². The number of halogens is 1. The van der Waals surface area contributed by atoms with E-state index in [-0.39, 0.29) is 42.5 Å². The van der Waals surface area contributed by atoms with Gasteiger partial charge in [-0.15, -0.1) is 0 Å². The number of rotatable bonds is 9. The molecule has 2 aromatic carbocycles. The molecule has 1 amide bonds. The van der Waals surface area contributed by atoms with Crippen molar-refractivity contribution >= 4 is 29.4 Å². The molecule has 41 heavy (non-hydrogen) atoms. The van der Waals surface area contributed by atoms with Crippen LogP contribution in [0, 0.1) is 5.82 Å². The van der Waals surface area contributed by atoms with Crippen LogP contribution >= 0.6 is 0 Å². The number of aliphatic hydroxyl groups excluding tert-OH is 2. The van der Waals surface area contributed by atoms with Crippen LogP contribution in [0.4, 0.5) is 4.39 Å². The second-order valence-electron chi connectivity index (χ2n) is 12.6. The predicted octanol–water partition coefficient (Wildman–Crippen LogP) is 4.16. The average molecular weight is 565 g/mol. The van der Waals surface area contributed by atoms with Crippen molar-refractivity contribution in [3.63, 3.8) is 0 Å². The molecule has 0 radical (unpaired) electrons. The first-order chi connectivity index (χ1) is 19.5. The zero-order chi connectivity index (χ0) is 29.4. The highest BCUT2D eigenvalue weighted by atomic mass is 19.1. The summed E-state index contributed by atoms with van der Waals surface area (Å²) in [6.07, 6.45) is 2.78. The SMILES string of the molecule is CC1(C)OB(c2ccc(CCCC(=O)N3CCCC(c4cc5cccc(F)c5n4CC(O)CO)C3)cc2)OC1(C)C. The fourth-order valence-electron chi connectivity index (χ4n) is 5.97. The molecule has 0 spiro atoms. The van der Waals surface area contributed by atoms with Crippen molar-refractivity contribution in [3.05, 3.63) is 65.6 Å². The molecule has 3 heterocycles. The molecule has 3 aromatic rings. The number of hydrogen-bond acceptors (Lipinski definition) is 5. The smallest absolute Gasteiger partial charge is 0.399 e. The maximum atomic E-state index is 14.8. The predicted molar refractivity (Wildman–Crippen MR) is 159 cm³/mol. The van der Waals surface area contributed by atoms with E-state index in [0.717, 1.165) is 42.2 Å². The fraction of sp³-hybridized carbons (Fsp3) is 0.531. The maximum absolute atomic E-state index is 14.8. The number of benzene rings is 2. The molecule has 220 valence electrons. The number of aliphatic hydroxyl groups is 2. The van der Waals surface area contributed by atoms with E-state index in [9.17, 15) is 19.4 Å². The summed E-state index contributed by atoms with van der Waals surface area (Å²) in [5.74, 6) is -0.188. The molecule has 0 saturated carbocycles. The van der Waals surface area contributed by atoms with Gasteiger partial charge in [0.05, 0.1) is 36.0 Å². The Morgan fingerprint density at radius 1 is 1.12 bits per heavy atom. The minimum absolute atomic E-state index is 0.0351. The van der Waals surface area contributed by atoms with Gasteiger partial charge in [0.2, 0.25) is 5.91 Å². The lowest BCUT2D eigenvalue weighted by molar-refractivity contribution is -0.132. The zero-order valence-electron chi connectivity index (χ0n) is 24.6. The molecule has 9 heteroatoms. The van der Waals surface area contributed by atoms with E-state index in [1.807, 2.05) is 56.9 Å². The van der Waals surface area contributed by atoms with Gasteiger partial charge in [-0.05, 0) is 76.5 Å². The van der Waals surface area contributed by atoms with Crippen LogP contribution in [-0.2, 0) is 27.1 Å². The van der Waals surface area contributed by atoms with Crippen LogP contribution in [0.3, 0.4) is 0 Å². The molecular weight excluding hydrogens is 522 g/mol. The van der Waals surface area contributed by atoms with Gasteiger partial charge >= 0.3 is 7.12 Å². The van der Waals surface area contributed by atoms with Crippen molar-refractivity contribution in [1.29, 1.82) is 0 Å². The van der Waals surface area contributed by atoms with Gasteiger partial charge in [-0.25, -0.2) is 4.39 Å². The number of aryl methyl sites for hydroxylation is 1. The Morgan fingerprint density at radius 3 is 2.51 bits per heavy atom. The van der Waals surface area contributed by atoms with Crippen molar-refractivity contribution in [3.8, 4) is 0 Å². The third kappa shape index (κ3) is 6.24. The molecule has 5 rings (SSSR count). The molecule has 2 saturated heterocycles. The molecule has 1 aromatic heterocycles. The number of aromatic nitrogens is 1. The Labute approximate surface area is 242 Å². The van der Waals surface area contributed by atoms with Gasteiger partial charge in [0.1, 0.15) is 5.82 Å². The molecular formula is C32H42BFN2O5. The summed E-state index contributed by atoms with van der Waals surface area (Å²) >= 11 is 0. The number of amides is 1. The molecule has 2 aliphatic rings. The van der Waals surface area contributed by atoms with Crippen molar-refractivity contribution in [2.45, 2.75) is 89.6 Å². The lowest BCUT2D eigenvalue weighted by Gasteiger charge is -2.34. The number of fused-ring (bicyclic) bond motifs is 1. The van der Waals surface area contributed by atoms with Crippen molar-refractivity contribution < 1.29 is 28.7 Å². The molecule has 2 unspecified atom stereocenters.